The second kappa shape index (κ2) is 7.93. The van der Waals surface area contributed by atoms with E-state index in [0.29, 0.717) is 39.0 Å². The molecule has 10 heteroatoms. The molecular formula is C21H15ClN6O3. The number of rotatable bonds is 4. The Labute approximate surface area is 180 Å². The summed E-state index contributed by atoms with van der Waals surface area (Å²) in [5, 5.41) is 32.2. The molecule has 3 N–H and O–H groups in total. The lowest BCUT2D eigenvalue weighted by atomic mass is 9.96. The molecule has 0 aliphatic rings. The Kier molecular flexibility index (Phi) is 5.15. The van der Waals surface area contributed by atoms with Gasteiger partial charge in [-0.25, -0.2) is 9.89 Å². The van der Waals surface area contributed by atoms with Crippen LogP contribution in [0.15, 0.2) is 47.4 Å². The van der Waals surface area contributed by atoms with Crippen LogP contribution in [0.4, 0.5) is 4.79 Å². The number of amides is 1. The third kappa shape index (κ3) is 3.60. The summed E-state index contributed by atoms with van der Waals surface area (Å²) in [6.07, 6.45) is 0.433. The summed E-state index contributed by atoms with van der Waals surface area (Å²) in [7, 11) is 1.77. The van der Waals surface area contributed by atoms with Crippen molar-refractivity contribution in [1.29, 1.82) is 5.26 Å². The average molecular weight is 435 g/mol. The van der Waals surface area contributed by atoms with Crippen molar-refractivity contribution in [3.05, 3.63) is 69.2 Å². The van der Waals surface area contributed by atoms with Crippen LogP contribution >= 0.6 is 11.6 Å². The number of carbonyl (C=O) groups is 1. The molecular weight excluding hydrogens is 420 g/mol. The van der Waals surface area contributed by atoms with Gasteiger partial charge in [0.1, 0.15) is 0 Å². The second-order valence-corrected chi connectivity index (χ2v) is 7.13. The number of nitriles is 1. The number of fused-ring (bicyclic) bond motifs is 1. The van der Waals surface area contributed by atoms with Gasteiger partial charge in [-0.05, 0) is 23.8 Å². The minimum absolute atomic E-state index is 0.112. The SMILES string of the molecule is Cn1ncc(-c2cc(Cl)c3c(=O)[nH]nc(CNC(=O)O)c3c2)c1-c1ccccc1C#N. The van der Waals surface area contributed by atoms with Crippen LogP contribution in [-0.4, -0.2) is 31.2 Å². The number of carboxylic acid groups (broad SMARTS) is 1. The van der Waals surface area contributed by atoms with Gasteiger partial charge in [-0.3, -0.25) is 9.48 Å². The maximum absolute atomic E-state index is 12.3. The fourth-order valence-corrected chi connectivity index (χ4v) is 3.81. The number of H-pyrrole nitrogens is 1. The summed E-state index contributed by atoms with van der Waals surface area (Å²) >= 11 is 6.45. The second-order valence-electron chi connectivity index (χ2n) is 6.73. The Morgan fingerprint density at radius 2 is 2.10 bits per heavy atom. The van der Waals surface area contributed by atoms with Crippen molar-refractivity contribution in [3.63, 3.8) is 0 Å². The summed E-state index contributed by atoms with van der Waals surface area (Å²) in [4.78, 5) is 23.2. The molecule has 0 bridgehead atoms. The number of halogens is 1. The molecule has 0 saturated heterocycles. The molecule has 0 atom stereocenters. The van der Waals surface area contributed by atoms with Crippen LogP contribution in [0, 0.1) is 11.3 Å². The number of aromatic nitrogens is 4. The predicted molar refractivity (Wildman–Crippen MR) is 115 cm³/mol. The number of hydrogen-bond acceptors (Lipinski definition) is 5. The average Bonchev–Trinajstić information content (AvgIpc) is 3.14. The maximum Gasteiger partial charge on any atom is 0.404 e. The van der Waals surface area contributed by atoms with E-state index in [-0.39, 0.29) is 17.0 Å². The first-order valence-electron chi connectivity index (χ1n) is 9.10. The van der Waals surface area contributed by atoms with Crippen molar-refractivity contribution < 1.29 is 9.90 Å². The Morgan fingerprint density at radius 1 is 1.32 bits per heavy atom. The minimum Gasteiger partial charge on any atom is -0.465 e. The van der Waals surface area contributed by atoms with Crippen LogP contribution in [0.3, 0.4) is 0 Å². The Morgan fingerprint density at radius 3 is 2.84 bits per heavy atom. The third-order valence-electron chi connectivity index (χ3n) is 4.88. The number of nitrogens with zero attached hydrogens (tertiary/aromatic N) is 4. The molecule has 0 unspecified atom stereocenters. The van der Waals surface area contributed by atoms with E-state index < -0.39 is 11.7 Å². The molecule has 0 aliphatic heterocycles. The number of hydrogen-bond donors (Lipinski definition) is 3. The van der Waals surface area contributed by atoms with Crippen LogP contribution in [0.5, 0.6) is 0 Å². The van der Waals surface area contributed by atoms with Crippen LogP contribution in [0.2, 0.25) is 5.02 Å². The molecule has 4 rings (SSSR count). The summed E-state index contributed by atoms with van der Waals surface area (Å²) in [5.74, 6) is 0. The van der Waals surface area contributed by atoms with E-state index in [0.717, 1.165) is 0 Å². The van der Waals surface area contributed by atoms with Crippen LogP contribution in [0.25, 0.3) is 33.2 Å². The van der Waals surface area contributed by atoms with Gasteiger partial charge in [-0.15, -0.1) is 0 Å². The molecule has 0 radical (unpaired) electrons. The van der Waals surface area contributed by atoms with E-state index in [4.69, 9.17) is 16.7 Å². The number of benzene rings is 2. The highest BCUT2D eigenvalue weighted by atomic mass is 35.5. The highest BCUT2D eigenvalue weighted by Crippen LogP contribution is 2.36. The molecule has 31 heavy (non-hydrogen) atoms. The minimum atomic E-state index is -1.22. The number of aromatic amines is 1. The first kappa shape index (κ1) is 20.1. The van der Waals surface area contributed by atoms with Gasteiger partial charge in [0.2, 0.25) is 0 Å². The van der Waals surface area contributed by atoms with E-state index in [1.165, 1.54) is 0 Å². The van der Waals surface area contributed by atoms with Crippen molar-refractivity contribution in [2.24, 2.45) is 7.05 Å². The lowest BCUT2D eigenvalue weighted by Crippen LogP contribution is -2.22. The van der Waals surface area contributed by atoms with E-state index in [9.17, 15) is 14.9 Å². The lowest BCUT2D eigenvalue weighted by Gasteiger charge is -2.11. The van der Waals surface area contributed by atoms with Crippen molar-refractivity contribution in [3.8, 4) is 28.5 Å². The van der Waals surface area contributed by atoms with Gasteiger partial charge in [0.15, 0.2) is 0 Å². The molecule has 0 saturated carbocycles. The van der Waals surface area contributed by atoms with E-state index in [1.54, 1.807) is 42.2 Å². The fraction of sp³-hybridized carbons (Fsp3) is 0.0952. The standard InChI is InChI=1S/C21H15ClN6O3/c1-28-19(13-5-3-2-4-11(13)8-23)15(9-25-28)12-6-14-17(10-24-21(30)31)26-27-20(29)18(14)16(22)7-12/h2-7,9,24H,10H2,1H3,(H,27,29)(H,30,31). The molecule has 2 heterocycles. The molecule has 154 valence electrons. The van der Waals surface area contributed by atoms with Crippen molar-refractivity contribution in [2.45, 2.75) is 6.54 Å². The zero-order valence-electron chi connectivity index (χ0n) is 16.2. The number of nitrogens with one attached hydrogen (secondary N) is 2. The zero-order chi connectivity index (χ0) is 22.1. The van der Waals surface area contributed by atoms with Crippen molar-refractivity contribution in [2.75, 3.05) is 0 Å². The Balaban J connectivity index is 1.97. The van der Waals surface area contributed by atoms with Gasteiger partial charge < -0.3 is 10.4 Å². The fourth-order valence-electron chi connectivity index (χ4n) is 3.50. The van der Waals surface area contributed by atoms with Gasteiger partial charge in [0.05, 0.1) is 46.2 Å². The first-order valence-corrected chi connectivity index (χ1v) is 9.48. The van der Waals surface area contributed by atoms with Crippen LogP contribution in [-0.2, 0) is 13.6 Å². The van der Waals surface area contributed by atoms with Crippen molar-refractivity contribution >= 4 is 28.5 Å². The van der Waals surface area contributed by atoms with Gasteiger partial charge in [0.25, 0.3) is 5.56 Å². The quantitative estimate of drug-likeness (QED) is 0.450. The van der Waals surface area contributed by atoms with Crippen molar-refractivity contribution in [1.82, 2.24) is 25.3 Å². The molecule has 9 nitrogen and oxygen atoms in total. The summed E-state index contributed by atoms with van der Waals surface area (Å²) in [6.45, 7) is -0.112. The third-order valence-corrected chi connectivity index (χ3v) is 5.18. The van der Waals surface area contributed by atoms with Gasteiger partial charge in [-0.1, -0.05) is 29.8 Å². The highest BCUT2D eigenvalue weighted by molar-refractivity contribution is 6.36. The molecule has 2 aromatic heterocycles. The first-order chi connectivity index (χ1) is 14.9. The summed E-state index contributed by atoms with van der Waals surface area (Å²) < 4.78 is 1.66. The molecule has 0 spiro atoms. The van der Waals surface area contributed by atoms with Gasteiger partial charge >= 0.3 is 6.09 Å². The Hall–Kier alpha value is -4.16. The van der Waals surface area contributed by atoms with Crippen LogP contribution in [0.1, 0.15) is 11.3 Å². The molecule has 1 amide bonds. The van der Waals surface area contributed by atoms with Gasteiger partial charge in [-0.2, -0.15) is 15.5 Å². The Bertz CT molecular complexity index is 1430. The zero-order valence-corrected chi connectivity index (χ0v) is 16.9. The predicted octanol–water partition coefficient (Wildman–Crippen LogP) is 3.28. The lowest BCUT2D eigenvalue weighted by molar-refractivity contribution is 0.194. The molecule has 0 aliphatic carbocycles. The summed E-state index contributed by atoms with van der Waals surface area (Å²) in [5.41, 5.74) is 3.09. The number of aryl methyl sites for hydroxylation is 1. The van der Waals surface area contributed by atoms with E-state index >= 15 is 0 Å². The normalized spacial score (nSPS) is 10.7. The highest BCUT2D eigenvalue weighted by Gasteiger charge is 2.19. The largest absolute Gasteiger partial charge is 0.465 e. The summed E-state index contributed by atoms with van der Waals surface area (Å²) in [6, 6.07) is 12.7. The molecule has 0 fully saturated rings. The maximum atomic E-state index is 12.3. The van der Waals surface area contributed by atoms with E-state index in [2.05, 4.69) is 26.7 Å². The van der Waals surface area contributed by atoms with Crippen LogP contribution < -0.4 is 10.9 Å². The smallest absolute Gasteiger partial charge is 0.404 e. The topological polar surface area (TPSA) is 137 Å². The van der Waals surface area contributed by atoms with E-state index in [1.807, 2.05) is 12.1 Å². The molecule has 4 aromatic rings. The molecule has 2 aromatic carbocycles. The monoisotopic (exact) mass is 434 g/mol. The van der Waals surface area contributed by atoms with Gasteiger partial charge in [0, 0.05) is 23.6 Å².